The molecule has 1 aromatic heterocycles. The number of aromatic nitrogens is 2. The van der Waals surface area contributed by atoms with Gasteiger partial charge < -0.3 is 10.4 Å². The van der Waals surface area contributed by atoms with Crippen molar-refractivity contribution >= 4 is 0 Å². The molecule has 2 rings (SSSR count). The minimum atomic E-state index is -0.692. The van der Waals surface area contributed by atoms with E-state index in [1.165, 1.54) is 5.56 Å². The van der Waals surface area contributed by atoms with Crippen LogP contribution in [-0.4, -0.2) is 27.4 Å². The van der Waals surface area contributed by atoms with Gasteiger partial charge in [0.2, 0.25) is 0 Å². The lowest BCUT2D eigenvalue weighted by Gasteiger charge is -2.30. The minimum absolute atomic E-state index is 0.264. The molecule has 0 bridgehead atoms. The quantitative estimate of drug-likeness (QED) is 0.735. The lowest BCUT2D eigenvalue weighted by atomic mass is 9.88. The first-order chi connectivity index (χ1) is 10.4. The van der Waals surface area contributed by atoms with Crippen LogP contribution in [0, 0.1) is 12.8 Å². The molecule has 0 saturated heterocycles. The fraction of sp³-hybridized carbons (Fsp3) is 0.500. The highest BCUT2D eigenvalue weighted by Crippen LogP contribution is 2.23. The molecular weight excluding hydrogens is 274 g/mol. The topological polar surface area (TPSA) is 60.9 Å². The molecule has 4 nitrogen and oxygen atoms in total. The van der Waals surface area contributed by atoms with E-state index in [1.54, 1.807) is 0 Å². The zero-order chi connectivity index (χ0) is 16.2. The highest BCUT2D eigenvalue weighted by atomic mass is 16.3. The van der Waals surface area contributed by atoms with E-state index < -0.39 is 5.60 Å². The van der Waals surface area contributed by atoms with Gasteiger partial charge in [0.1, 0.15) is 0 Å². The molecule has 2 unspecified atom stereocenters. The molecule has 0 spiro atoms. The predicted molar refractivity (Wildman–Crippen MR) is 90.5 cm³/mol. The Bertz CT molecular complexity index is 604. The van der Waals surface area contributed by atoms with Crippen LogP contribution in [0.2, 0.25) is 0 Å². The third kappa shape index (κ3) is 3.96. The Morgan fingerprint density at radius 2 is 2.18 bits per heavy atom. The SMILES string of the molecule is CCC(C)C(C)(O)CNCc1cn[nH]c1-c1cccc(C)c1. The van der Waals surface area contributed by atoms with E-state index in [2.05, 4.69) is 60.6 Å². The van der Waals surface area contributed by atoms with Crippen molar-refractivity contribution in [1.29, 1.82) is 0 Å². The van der Waals surface area contributed by atoms with Gasteiger partial charge in [-0.2, -0.15) is 5.10 Å². The van der Waals surface area contributed by atoms with Crippen molar-refractivity contribution in [3.05, 3.63) is 41.6 Å². The Hall–Kier alpha value is -1.65. The summed E-state index contributed by atoms with van der Waals surface area (Å²) < 4.78 is 0. The third-order valence-corrected chi connectivity index (χ3v) is 4.50. The van der Waals surface area contributed by atoms with Crippen molar-refractivity contribution in [3.63, 3.8) is 0 Å². The molecule has 0 aliphatic rings. The average Bonchev–Trinajstić information content (AvgIpc) is 2.94. The van der Waals surface area contributed by atoms with Gasteiger partial charge in [0.05, 0.1) is 17.5 Å². The monoisotopic (exact) mass is 301 g/mol. The van der Waals surface area contributed by atoms with Gasteiger partial charge in [-0.3, -0.25) is 5.10 Å². The van der Waals surface area contributed by atoms with Crippen LogP contribution in [0.15, 0.2) is 30.5 Å². The first kappa shape index (κ1) is 16.7. The average molecular weight is 301 g/mol. The molecule has 2 aromatic rings. The van der Waals surface area contributed by atoms with Crippen LogP contribution < -0.4 is 5.32 Å². The lowest BCUT2D eigenvalue weighted by Crippen LogP contribution is -2.42. The number of nitrogens with zero attached hydrogens (tertiary/aromatic N) is 1. The molecule has 0 aliphatic carbocycles. The summed E-state index contributed by atoms with van der Waals surface area (Å²) in [5.74, 6) is 0.264. The zero-order valence-corrected chi connectivity index (χ0v) is 14.0. The molecule has 1 aromatic carbocycles. The standard InChI is InChI=1S/C18H27N3O/c1-5-14(3)18(4,22)12-19-10-16-11-20-21-17(16)15-8-6-7-13(2)9-15/h6-9,11,14,19,22H,5,10,12H2,1-4H3,(H,20,21). The maximum Gasteiger partial charge on any atom is 0.0768 e. The van der Waals surface area contributed by atoms with Crippen LogP contribution in [-0.2, 0) is 6.54 Å². The number of nitrogens with one attached hydrogen (secondary N) is 2. The Morgan fingerprint density at radius 1 is 1.41 bits per heavy atom. The van der Waals surface area contributed by atoms with Crippen LogP contribution in [0.4, 0.5) is 0 Å². The van der Waals surface area contributed by atoms with Crippen LogP contribution >= 0.6 is 0 Å². The summed E-state index contributed by atoms with van der Waals surface area (Å²) in [6, 6.07) is 8.36. The van der Waals surface area contributed by atoms with Gasteiger partial charge in [-0.1, -0.05) is 44.0 Å². The predicted octanol–water partition coefficient (Wildman–Crippen LogP) is 3.27. The molecule has 0 radical (unpaired) electrons. The Balaban J connectivity index is 2.02. The second-order valence-electron chi connectivity index (χ2n) is 6.41. The fourth-order valence-corrected chi connectivity index (χ4v) is 2.56. The van der Waals surface area contributed by atoms with Gasteiger partial charge >= 0.3 is 0 Å². The number of aliphatic hydroxyl groups is 1. The number of hydrogen-bond acceptors (Lipinski definition) is 3. The molecular formula is C18H27N3O. The van der Waals surface area contributed by atoms with Crippen LogP contribution in [0.3, 0.4) is 0 Å². The van der Waals surface area contributed by atoms with Crippen molar-refractivity contribution in [2.45, 2.75) is 46.3 Å². The third-order valence-electron chi connectivity index (χ3n) is 4.50. The molecule has 0 saturated carbocycles. The van der Waals surface area contributed by atoms with Crippen molar-refractivity contribution in [2.24, 2.45) is 5.92 Å². The Kier molecular flexibility index (Phi) is 5.37. The summed E-state index contributed by atoms with van der Waals surface area (Å²) in [4.78, 5) is 0. The van der Waals surface area contributed by atoms with Gasteiger partial charge in [-0.15, -0.1) is 0 Å². The Labute approximate surface area is 133 Å². The highest BCUT2D eigenvalue weighted by Gasteiger charge is 2.26. The summed E-state index contributed by atoms with van der Waals surface area (Å²) >= 11 is 0. The van der Waals surface area contributed by atoms with Gasteiger partial charge in [0, 0.05) is 24.2 Å². The maximum absolute atomic E-state index is 10.4. The van der Waals surface area contributed by atoms with E-state index in [0.29, 0.717) is 13.1 Å². The molecule has 120 valence electrons. The van der Waals surface area contributed by atoms with Crippen LogP contribution in [0.25, 0.3) is 11.3 Å². The molecule has 1 heterocycles. The molecule has 0 amide bonds. The lowest BCUT2D eigenvalue weighted by molar-refractivity contribution is 0.00535. The molecule has 0 aliphatic heterocycles. The van der Waals surface area contributed by atoms with E-state index in [4.69, 9.17) is 0 Å². The fourth-order valence-electron chi connectivity index (χ4n) is 2.56. The Morgan fingerprint density at radius 3 is 2.86 bits per heavy atom. The van der Waals surface area contributed by atoms with Crippen LogP contribution in [0.5, 0.6) is 0 Å². The number of benzene rings is 1. The maximum atomic E-state index is 10.4. The number of H-pyrrole nitrogens is 1. The number of aromatic amines is 1. The van der Waals surface area contributed by atoms with Gasteiger partial charge in [0.15, 0.2) is 0 Å². The second-order valence-corrected chi connectivity index (χ2v) is 6.41. The number of hydrogen-bond donors (Lipinski definition) is 3. The van der Waals surface area contributed by atoms with Crippen molar-refractivity contribution in [2.75, 3.05) is 6.54 Å². The summed E-state index contributed by atoms with van der Waals surface area (Å²) in [5.41, 5.74) is 3.83. The molecule has 0 fully saturated rings. The van der Waals surface area contributed by atoms with Crippen molar-refractivity contribution in [3.8, 4) is 11.3 Å². The van der Waals surface area contributed by atoms with E-state index in [0.717, 1.165) is 23.2 Å². The summed E-state index contributed by atoms with van der Waals surface area (Å²) in [6.07, 6.45) is 2.82. The van der Waals surface area contributed by atoms with Crippen molar-refractivity contribution < 1.29 is 5.11 Å². The molecule has 3 N–H and O–H groups in total. The summed E-state index contributed by atoms with van der Waals surface area (Å²) in [7, 11) is 0. The van der Waals surface area contributed by atoms with Crippen molar-refractivity contribution in [1.82, 2.24) is 15.5 Å². The zero-order valence-electron chi connectivity index (χ0n) is 14.0. The smallest absolute Gasteiger partial charge is 0.0768 e. The summed E-state index contributed by atoms with van der Waals surface area (Å²) in [6.45, 7) is 9.42. The second kappa shape index (κ2) is 7.07. The van der Waals surface area contributed by atoms with E-state index in [1.807, 2.05) is 13.1 Å². The van der Waals surface area contributed by atoms with Gasteiger partial charge in [0.25, 0.3) is 0 Å². The van der Waals surface area contributed by atoms with E-state index >= 15 is 0 Å². The van der Waals surface area contributed by atoms with Gasteiger partial charge in [-0.25, -0.2) is 0 Å². The van der Waals surface area contributed by atoms with E-state index in [9.17, 15) is 5.11 Å². The first-order valence-electron chi connectivity index (χ1n) is 7.96. The molecule has 22 heavy (non-hydrogen) atoms. The molecule has 4 heteroatoms. The highest BCUT2D eigenvalue weighted by molar-refractivity contribution is 5.63. The normalized spacial score (nSPS) is 15.5. The van der Waals surface area contributed by atoms with E-state index in [-0.39, 0.29) is 5.92 Å². The molecule has 2 atom stereocenters. The van der Waals surface area contributed by atoms with Crippen LogP contribution in [0.1, 0.15) is 38.3 Å². The first-order valence-corrected chi connectivity index (χ1v) is 7.96. The summed E-state index contributed by atoms with van der Waals surface area (Å²) in [5, 5.41) is 21.1. The number of aryl methyl sites for hydroxylation is 1. The number of rotatable bonds is 7. The van der Waals surface area contributed by atoms with Gasteiger partial charge in [-0.05, 0) is 25.8 Å². The minimum Gasteiger partial charge on any atom is -0.389 e. The largest absolute Gasteiger partial charge is 0.389 e.